The van der Waals surface area contributed by atoms with Gasteiger partial charge in [-0.25, -0.2) is 9.97 Å². The third kappa shape index (κ3) is 6.51. The zero-order chi connectivity index (χ0) is 20.6. The van der Waals surface area contributed by atoms with Gasteiger partial charge >= 0.3 is 0 Å². The van der Waals surface area contributed by atoms with Gasteiger partial charge in [0, 0.05) is 45.5 Å². The highest BCUT2D eigenvalue weighted by atomic mass is 127. The highest BCUT2D eigenvalue weighted by Gasteiger charge is 2.13. The summed E-state index contributed by atoms with van der Waals surface area (Å²) in [6.45, 7) is 4.07. The van der Waals surface area contributed by atoms with Crippen LogP contribution < -0.4 is 5.32 Å². The lowest BCUT2D eigenvalue weighted by Gasteiger charge is -2.21. The van der Waals surface area contributed by atoms with Crippen molar-refractivity contribution in [2.24, 2.45) is 4.99 Å². The minimum Gasteiger partial charge on any atom is -0.375 e. The molecule has 1 N–H and O–H groups in total. The van der Waals surface area contributed by atoms with Crippen LogP contribution in [0.5, 0.6) is 0 Å². The van der Waals surface area contributed by atoms with Gasteiger partial charge < -0.3 is 19.5 Å². The molecule has 0 aliphatic heterocycles. The van der Waals surface area contributed by atoms with Crippen molar-refractivity contribution in [3.8, 4) is 0 Å². The number of ether oxygens (including phenoxy) is 1. The summed E-state index contributed by atoms with van der Waals surface area (Å²) in [7, 11) is 5.49. The third-order valence-electron chi connectivity index (χ3n) is 4.65. The molecule has 0 saturated carbocycles. The normalized spacial score (nSPS) is 12.3. The first kappa shape index (κ1) is 24.3. The van der Waals surface area contributed by atoms with E-state index in [0.29, 0.717) is 13.1 Å². The maximum absolute atomic E-state index is 5.35. The summed E-state index contributed by atoms with van der Waals surface area (Å²) in [5.41, 5.74) is 2.25. The Hall–Kier alpha value is -1.98. The molecule has 2 aromatic heterocycles. The fourth-order valence-corrected chi connectivity index (χ4v) is 3.82. The predicted molar refractivity (Wildman–Crippen MR) is 132 cm³/mol. The maximum atomic E-state index is 5.35. The number of hydrogen-bond acceptors (Lipinski definition) is 5. The zero-order valence-corrected chi connectivity index (χ0v) is 20.9. The fraction of sp³-hybridized carbons (Fsp3) is 0.381. The Labute approximate surface area is 199 Å². The Bertz CT molecular complexity index is 926. The third-order valence-corrected chi connectivity index (χ3v) is 5.70. The summed E-state index contributed by atoms with van der Waals surface area (Å²) in [6, 6.07) is 10.4. The minimum atomic E-state index is 0. The molecular weight excluding hydrogens is 511 g/mol. The number of halogens is 1. The van der Waals surface area contributed by atoms with Gasteiger partial charge in [0.25, 0.3) is 0 Å². The van der Waals surface area contributed by atoms with E-state index in [1.54, 1.807) is 25.5 Å². The first-order valence-corrected chi connectivity index (χ1v) is 10.4. The van der Waals surface area contributed by atoms with Crippen molar-refractivity contribution in [2.45, 2.75) is 32.7 Å². The number of thiazole rings is 1. The SMILES string of the molecule is CN=C(NCc1nccn1Cc1ccccc1)N(C)Cc1csc(C(C)OC)n1.I. The summed E-state index contributed by atoms with van der Waals surface area (Å²) in [5, 5.41) is 6.46. The highest BCUT2D eigenvalue weighted by molar-refractivity contribution is 14.0. The monoisotopic (exact) mass is 540 g/mol. The number of aromatic nitrogens is 3. The van der Waals surface area contributed by atoms with E-state index < -0.39 is 0 Å². The largest absolute Gasteiger partial charge is 0.375 e. The van der Waals surface area contributed by atoms with Crippen molar-refractivity contribution < 1.29 is 4.74 Å². The number of benzene rings is 1. The van der Waals surface area contributed by atoms with Crippen molar-refractivity contribution in [1.82, 2.24) is 24.8 Å². The van der Waals surface area contributed by atoms with E-state index in [9.17, 15) is 0 Å². The molecule has 0 bridgehead atoms. The summed E-state index contributed by atoms with van der Waals surface area (Å²) in [6.07, 6.45) is 3.85. The lowest BCUT2D eigenvalue weighted by Crippen LogP contribution is -2.38. The molecule has 1 unspecified atom stereocenters. The minimum absolute atomic E-state index is 0. The lowest BCUT2D eigenvalue weighted by atomic mass is 10.2. The Morgan fingerprint density at radius 1 is 1.33 bits per heavy atom. The van der Waals surface area contributed by atoms with E-state index in [4.69, 9.17) is 4.74 Å². The number of aliphatic imine (C=N–C) groups is 1. The van der Waals surface area contributed by atoms with Crippen molar-refractivity contribution >= 4 is 41.3 Å². The van der Waals surface area contributed by atoms with Crippen LogP contribution in [-0.2, 0) is 24.4 Å². The maximum Gasteiger partial charge on any atom is 0.194 e. The van der Waals surface area contributed by atoms with E-state index in [1.807, 2.05) is 32.4 Å². The summed E-state index contributed by atoms with van der Waals surface area (Å²) < 4.78 is 7.49. The summed E-state index contributed by atoms with van der Waals surface area (Å²) >= 11 is 1.62. The van der Waals surface area contributed by atoms with Gasteiger partial charge in [-0.1, -0.05) is 30.3 Å². The molecule has 0 spiro atoms. The second kappa shape index (κ2) is 12.0. The molecule has 2 heterocycles. The molecular formula is C21H29IN6OS. The molecule has 9 heteroatoms. The average Bonchev–Trinajstić information content (AvgIpc) is 3.38. The van der Waals surface area contributed by atoms with Gasteiger partial charge in [0.2, 0.25) is 0 Å². The first-order valence-electron chi connectivity index (χ1n) is 9.53. The topological polar surface area (TPSA) is 67.6 Å². The highest BCUT2D eigenvalue weighted by Crippen LogP contribution is 2.20. The average molecular weight is 540 g/mol. The van der Waals surface area contributed by atoms with Crippen LogP contribution in [0.25, 0.3) is 0 Å². The van der Waals surface area contributed by atoms with Crippen LogP contribution in [0.3, 0.4) is 0 Å². The Balaban J connectivity index is 0.00000320. The van der Waals surface area contributed by atoms with Crippen molar-refractivity contribution in [1.29, 1.82) is 0 Å². The van der Waals surface area contributed by atoms with Gasteiger partial charge in [0.15, 0.2) is 5.96 Å². The van der Waals surface area contributed by atoms with E-state index in [0.717, 1.165) is 29.0 Å². The number of rotatable bonds is 8. The predicted octanol–water partition coefficient (Wildman–Crippen LogP) is 3.92. The van der Waals surface area contributed by atoms with Crippen LogP contribution >= 0.6 is 35.3 Å². The first-order chi connectivity index (χ1) is 14.1. The quantitative estimate of drug-likeness (QED) is 0.267. The second-order valence-corrected chi connectivity index (χ2v) is 7.66. The molecule has 7 nitrogen and oxygen atoms in total. The molecule has 0 aliphatic carbocycles. The summed E-state index contributed by atoms with van der Waals surface area (Å²) in [4.78, 5) is 15.6. The summed E-state index contributed by atoms with van der Waals surface area (Å²) in [5.74, 6) is 1.77. The van der Waals surface area contributed by atoms with Gasteiger partial charge in [-0.05, 0) is 12.5 Å². The molecule has 162 valence electrons. The number of guanidine groups is 1. The molecule has 0 amide bonds. The van der Waals surface area contributed by atoms with Crippen molar-refractivity contribution in [3.05, 3.63) is 70.2 Å². The van der Waals surface area contributed by atoms with Crippen molar-refractivity contribution in [3.63, 3.8) is 0 Å². The molecule has 3 rings (SSSR count). The number of nitrogens with one attached hydrogen (secondary N) is 1. The molecule has 0 aliphatic rings. The molecule has 3 aromatic rings. The molecule has 30 heavy (non-hydrogen) atoms. The van der Waals surface area contributed by atoms with E-state index >= 15 is 0 Å². The van der Waals surface area contributed by atoms with Gasteiger partial charge in [-0.2, -0.15) is 0 Å². The standard InChI is InChI=1S/C21H28N6OS.HI/c1-16(28-4)20-25-18(15-29-20)14-26(3)21(22-2)24-12-19-23-10-11-27(19)13-17-8-6-5-7-9-17;/h5-11,15-16H,12-14H2,1-4H3,(H,22,24);1H. The Morgan fingerprint density at radius 2 is 2.10 bits per heavy atom. The Morgan fingerprint density at radius 3 is 2.80 bits per heavy atom. The van der Waals surface area contributed by atoms with Crippen LogP contribution in [0.4, 0.5) is 0 Å². The van der Waals surface area contributed by atoms with Crippen LogP contribution in [0.15, 0.2) is 53.1 Å². The van der Waals surface area contributed by atoms with Gasteiger partial charge in [0.05, 0.1) is 18.8 Å². The van der Waals surface area contributed by atoms with Crippen LogP contribution in [0, 0.1) is 0 Å². The second-order valence-electron chi connectivity index (χ2n) is 6.77. The molecule has 1 atom stereocenters. The number of nitrogens with zero attached hydrogens (tertiary/aromatic N) is 5. The van der Waals surface area contributed by atoms with Crippen LogP contribution in [0.1, 0.15) is 35.1 Å². The van der Waals surface area contributed by atoms with Crippen LogP contribution in [-0.4, -0.2) is 46.6 Å². The smallest absolute Gasteiger partial charge is 0.194 e. The number of imidazole rings is 1. The van der Waals surface area contributed by atoms with Gasteiger partial charge in [0.1, 0.15) is 16.9 Å². The number of methoxy groups -OCH3 is 1. The van der Waals surface area contributed by atoms with Crippen LogP contribution in [0.2, 0.25) is 0 Å². The molecule has 0 saturated heterocycles. The fourth-order valence-electron chi connectivity index (χ4n) is 2.97. The van der Waals surface area contributed by atoms with Crippen molar-refractivity contribution in [2.75, 3.05) is 21.2 Å². The van der Waals surface area contributed by atoms with Gasteiger partial charge in [-0.15, -0.1) is 35.3 Å². The van der Waals surface area contributed by atoms with E-state index in [-0.39, 0.29) is 30.1 Å². The molecule has 1 aromatic carbocycles. The van der Waals surface area contributed by atoms with E-state index in [2.05, 4.69) is 59.4 Å². The number of hydrogen-bond donors (Lipinski definition) is 1. The molecule has 0 radical (unpaired) electrons. The lowest BCUT2D eigenvalue weighted by molar-refractivity contribution is 0.119. The molecule has 0 fully saturated rings. The zero-order valence-electron chi connectivity index (χ0n) is 17.8. The van der Waals surface area contributed by atoms with Gasteiger partial charge in [-0.3, -0.25) is 4.99 Å². The van der Waals surface area contributed by atoms with E-state index in [1.165, 1.54) is 5.56 Å². The Kier molecular flexibility index (Phi) is 9.73.